The number of nitrogens with one attached hydrogen (secondary N) is 2. The molecule has 0 aliphatic rings. The van der Waals surface area contributed by atoms with Crippen molar-refractivity contribution in [3.05, 3.63) is 108 Å². The lowest BCUT2D eigenvalue weighted by atomic mass is 9.91. The maximum absolute atomic E-state index is 13.5. The van der Waals surface area contributed by atoms with Gasteiger partial charge in [0.1, 0.15) is 0 Å². The Balaban J connectivity index is 0.00000400. The molecule has 10 heteroatoms. The van der Waals surface area contributed by atoms with Crippen LogP contribution in [0, 0.1) is 11.8 Å². The predicted molar refractivity (Wildman–Crippen MR) is 166 cm³/mol. The Morgan fingerprint density at radius 1 is 0.800 bits per heavy atom. The summed E-state index contributed by atoms with van der Waals surface area (Å²) in [6.07, 6.45) is -0.241. The highest BCUT2D eigenvalue weighted by Crippen LogP contribution is 2.17. The van der Waals surface area contributed by atoms with Gasteiger partial charge in [-0.25, -0.2) is 13.1 Å². The smallest absolute Gasteiger partial charge is 0.224 e. The molecule has 3 rings (SSSR count). The van der Waals surface area contributed by atoms with E-state index in [9.17, 15) is 18.3 Å². The number of sulfonamides is 1. The van der Waals surface area contributed by atoms with Gasteiger partial charge >= 0.3 is 0 Å². The van der Waals surface area contributed by atoms with Crippen LogP contribution in [0.3, 0.4) is 0 Å². The molecule has 0 heterocycles. The number of aliphatic hydroxyl groups excluding tert-OH is 1. The van der Waals surface area contributed by atoms with E-state index in [1.54, 1.807) is 0 Å². The molecule has 0 bridgehead atoms. The number of hydrogen-bond donors (Lipinski definition) is 4. The van der Waals surface area contributed by atoms with Crippen molar-refractivity contribution in [2.45, 2.75) is 51.4 Å². The zero-order valence-corrected chi connectivity index (χ0v) is 25.3. The van der Waals surface area contributed by atoms with Gasteiger partial charge in [0.15, 0.2) is 0 Å². The molecule has 0 spiro atoms. The molecule has 3 aromatic carbocycles. The van der Waals surface area contributed by atoms with Crippen molar-refractivity contribution in [1.29, 1.82) is 0 Å². The van der Waals surface area contributed by atoms with Crippen LogP contribution in [0.5, 0.6) is 0 Å². The molecule has 4 atom stereocenters. The lowest BCUT2D eigenvalue weighted by Crippen LogP contribution is -2.55. The van der Waals surface area contributed by atoms with Crippen LogP contribution in [0.25, 0.3) is 0 Å². The normalized spacial score (nSPS) is 14.2. The van der Waals surface area contributed by atoms with Crippen molar-refractivity contribution in [2.75, 3.05) is 5.75 Å². The standard InChI is InChI=1S/C30H39N3O4S.2ClH/c1-22(2)26(21-38(36,37)32-20-25-16-10-5-11-17-25)30(35)33-28(19-24-14-8-4-9-15-24)29(34)27(31)18-23-12-6-3-7-13-23;;/h3-17,22,26-29,32,34H,18-21,31H2,1-2H3,(H,33,35);2*1H. The van der Waals surface area contributed by atoms with Gasteiger partial charge < -0.3 is 16.2 Å². The Hall–Kier alpha value is -2.46. The number of benzene rings is 3. The summed E-state index contributed by atoms with van der Waals surface area (Å²) >= 11 is 0. The molecule has 4 unspecified atom stereocenters. The summed E-state index contributed by atoms with van der Waals surface area (Å²) in [5.74, 6) is -1.82. The van der Waals surface area contributed by atoms with Crippen molar-refractivity contribution in [2.24, 2.45) is 17.6 Å². The van der Waals surface area contributed by atoms with Gasteiger partial charge in [-0.2, -0.15) is 0 Å². The van der Waals surface area contributed by atoms with Crippen molar-refractivity contribution in [3.8, 4) is 0 Å². The molecule has 1 amide bonds. The Kier molecular flexibility index (Phi) is 15.4. The molecule has 0 radical (unpaired) electrons. The third-order valence-corrected chi connectivity index (χ3v) is 8.05. The van der Waals surface area contributed by atoms with Gasteiger partial charge in [0, 0.05) is 12.6 Å². The van der Waals surface area contributed by atoms with Crippen LogP contribution in [0.1, 0.15) is 30.5 Å². The fourth-order valence-corrected chi connectivity index (χ4v) is 5.89. The summed E-state index contributed by atoms with van der Waals surface area (Å²) in [5, 5.41) is 14.2. The largest absolute Gasteiger partial charge is 0.389 e. The molecule has 0 aromatic heterocycles. The molecule has 0 aliphatic carbocycles. The van der Waals surface area contributed by atoms with E-state index in [1.165, 1.54) is 0 Å². The molecule has 7 nitrogen and oxygen atoms in total. The molecule has 0 saturated carbocycles. The van der Waals surface area contributed by atoms with Crippen molar-refractivity contribution in [1.82, 2.24) is 10.0 Å². The first-order chi connectivity index (χ1) is 18.1. The van der Waals surface area contributed by atoms with Gasteiger partial charge in [-0.05, 0) is 35.4 Å². The first-order valence-electron chi connectivity index (χ1n) is 13.0. The number of carbonyl (C=O) groups excluding carboxylic acids is 1. The molecule has 40 heavy (non-hydrogen) atoms. The van der Waals surface area contributed by atoms with Crippen LogP contribution in [-0.4, -0.2) is 43.4 Å². The molecule has 3 aromatic rings. The Morgan fingerprint density at radius 3 is 1.73 bits per heavy atom. The van der Waals surface area contributed by atoms with Gasteiger partial charge in [-0.15, -0.1) is 24.8 Å². The highest BCUT2D eigenvalue weighted by molar-refractivity contribution is 7.89. The Labute approximate surface area is 250 Å². The van der Waals surface area contributed by atoms with Crippen molar-refractivity contribution < 1.29 is 18.3 Å². The van der Waals surface area contributed by atoms with E-state index >= 15 is 0 Å². The Morgan fingerprint density at radius 2 is 1.25 bits per heavy atom. The quantitative estimate of drug-likeness (QED) is 0.221. The second-order valence-corrected chi connectivity index (χ2v) is 11.9. The molecule has 5 N–H and O–H groups in total. The predicted octanol–water partition coefficient (Wildman–Crippen LogP) is 3.88. The van der Waals surface area contributed by atoms with Crippen LogP contribution >= 0.6 is 24.8 Å². The third kappa shape index (κ3) is 11.6. The third-order valence-electron chi connectivity index (χ3n) is 6.67. The number of carbonyl (C=O) groups is 1. The van der Waals surface area contributed by atoms with Crippen LogP contribution in [-0.2, 0) is 34.2 Å². The molecule has 0 fully saturated rings. The summed E-state index contributed by atoms with van der Waals surface area (Å²) in [7, 11) is -3.74. The van der Waals surface area contributed by atoms with E-state index in [-0.39, 0.29) is 43.0 Å². The van der Waals surface area contributed by atoms with E-state index in [4.69, 9.17) is 5.73 Å². The van der Waals surface area contributed by atoms with E-state index in [0.717, 1.165) is 16.7 Å². The van der Waals surface area contributed by atoms with E-state index in [2.05, 4.69) is 10.0 Å². The minimum atomic E-state index is -3.74. The first-order valence-corrected chi connectivity index (χ1v) is 14.6. The van der Waals surface area contributed by atoms with Crippen LogP contribution < -0.4 is 15.8 Å². The highest BCUT2D eigenvalue weighted by Gasteiger charge is 2.33. The topological polar surface area (TPSA) is 122 Å². The fraction of sp³-hybridized carbons (Fsp3) is 0.367. The average Bonchev–Trinajstić information content (AvgIpc) is 2.91. The van der Waals surface area contributed by atoms with Crippen molar-refractivity contribution >= 4 is 40.7 Å². The minimum absolute atomic E-state index is 0. The minimum Gasteiger partial charge on any atom is -0.389 e. The lowest BCUT2D eigenvalue weighted by molar-refractivity contribution is -0.127. The first kappa shape index (κ1) is 35.6. The van der Waals surface area contributed by atoms with E-state index < -0.39 is 40.0 Å². The molecule has 0 aliphatic heterocycles. The highest BCUT2D eigenvalue weighted by atomic mass is 35.5. The lowest BCUT2D eigenvalue weighted by Gasteiger charge is -2.31. The summed E-state index contributed by atoms with van der Waals surface area (Å²) in [6, 6.07) is 27.1. The number of aliphatic hydroxyl groups is 1. The maximum Gasteiger partial charge on any atom is 0.224 e. The van der Waals surface area contributed by atoms with Crippen LogP contribution in [0.15, 0.2) is 91.0 Å². The van der Waals surface area contributed by atoms with E-state index in [0.29, 0.717) is 12.8 Å². The second kappa shape index (κ2) is 17.4. The van der Waals surface area contributed by atoms with Gasteiger partial charge in [-0.1, -0.05) is 105 Å². The average molecular weight is 611 g/mol. The molecular formula is C30H41Cl2N3O4S. The number of nitrogens with two attached hydrogens (primary N) is 1. The van der Waals surface area contributed by atoms with Crippen LogP contribution in [0.2, 0.25) is 0 Å². The second-order valence-electron chi connectivity index (χ2n) is 10.1. The summed E-state index contributed by atoms with van der Waals surface area (Å²) in [4.78, 5) is 13.5. The fourth-order valence-electron chi connectivity index (χ4n) is 4.38. The van der Waals surface area contributed by atoms with Gasteiger partial charge in [-0.3, -0.25) is 4.79 Å². The van der Waals surface area contributed by atoms with Gasteiger partial charge in [0.25, 0.3) is 0 Å². The monoisotopic (exact) mass is 609 g/mol. The molecule has 0 saturated heterocycles. The van der Waals surface area contributed by atoms with Crippen molar-refractivity contribution in [3.63, 3.8) is 0 Å². The SMILES string of the molecule is CC(C)C(CS(=O)(=O)NCc1ccccc1)C(=O)NC(Cc1ccccc1)C(O)C(N)Cc1ccccc1.Cl.Cl. The number of halogens is 2. The zero-order chi connectivity index (χ0) is 27.5. The summed E-state index contributed by atoms with van der Waals surface area (Å²) < 4.78 is 28.4. The number of hydrogen-bond acceptors (Lipinski definition) is 5. The maximum atomic E-state index is 13.5. The van der Waals surface area contributed by atoms with E-state index in [1.807, 2.05) is 105 Å². The molecule has 220 valence electrons. The Bertz CT molecular complexity index is 1230. The van der Waals surface area contributed by atoms with Crippen LogP contribution in [0.4, 0.5) is 0 Å². The number of amides is 1. The van der Waals surface area contributed by atoms with Gasteiger partial charge in [0.2, 0.25) is 15.9 Å². The van der Waals surface area contributed by atoms with Gasteiger partial charge in [0.05, 0.1) is 23.8 Å². The molecular weight excluding hydrogens is 569 g/mol. The summed E-state index contributed by atoms with van der Waals surface area (Å²) in [5.41, 5.74) is 9.16. The number of rotatable bonds is 14. The zero-order valence-electron chi connectivity index (χ0n) is 22.8. The summed E-state index contributed by atoms with van der Waals surface area (Å²) in [6.45, 7) is 3.79.